The summed E-state index contributed by atoms with van der Waals surface area (Å²) in [5.41, 5.74) is 0.650. The van der Waals surface area contributed by atoms with Gasteiger partial charge in [0.2, 0.25) is 0 Å². The predicted octanol–water partition coefficient (Wildman–Crippen LogP) is 9.81. The van der Waals surface area contributed by atoms with Gasteiger partial charge in [-0.2, -0.15) is 0 Å². The van der Waals surface area contributed by atoms with E-state index in [2.05, 4.69) is 34.6 Å². The van der Waals surface area contributed by atoms with E-state index in [1.165, 1.54) is 77.0 Å². The highest BCUT2D eigenvalue weighted by Crippen LogP contribution is 2.58. The topological polar surface area (TPSA) is 0 Å². The van der Waals surface area contributed by atoms with Crippen LogP contribution in [-0.4, -0.2) is 0 Å². The number of unbranched alkanes of at least 4 members (excludes halogenated alkanes) is 5. The SMILES string of the molecule is CCCCCCCCC(C1CCCC1)C(CC(C)C)(CC(C)C)C1CCCC1. The lowest BCUT2D eigenvalue weighted by Crippen LogP contribution is -2.43. The van der Waals surface area contributed by atoms with E-state index in [1.54, 1.807) is 32.1 Å². The summed E-state index contributed by atoms with van der Waals surface area (Å²) in [5.74, 6) is 4.81. The van der Waals surface area contributed by atoms with Crippen LogP contribution in [0.5, 0.6) is 0 Å². The van der Waals surface area contributed by atoms with Gasteiger partial charge in [-0.25, -0.2) is 0 Å². The molecule has 0 amide bonds. The monoisotopic (exact) mass is 390 g/mol. The zero-order valence-corrected chi connectivity index (χ0v) is 20.4. The van der Waals surface area contributed by atoms with Crippen LogP contribution in [0.15, 0.2) is 0 Å². The molecule has 0 N–H and O–H groups in total. The zero-order chi connectivity index (χ0) is 20.4. The smallest absolute Gasteiger partial charge is 0.0233 e. The molecule has 0 bridgehead atoms. The third-order valence-corrected chi connectivity index (χ3v) is 8.32. The highest BCUT2D eigenvalue weighted by molar-refractivity contribution is 4.98. The third-order valence-electron chi connectivity index (χ3n) is 8.32. The van der Waals surface area contributed by atoms with E-state index in [1.807, 2.05) is 0 Å². The van der Waals surface area contributed by atoms with Gasteiger partial charge in [-0.05, 0) is 67.1 Å². The number of hydrogen-bond donors (Lipinski definition) is 0. The van der Waals surface area contributed by atoms with E-state index in [9.17, 15) is 0 Å². The molecular formula is C28H54. The Balaban J connectivity index is 2.19. The van der Waals surface area contributed by atoms with Gasteiger partial charge in [-0.15, -0.1) is 0 Å². The maximum Gasteiger partial charge on any atom is -0.0233 e. The molecule has 0 aliphatic heterocycles. The molecule has 0 spiro atoms. The van der Waals surface area contributed by atoms with Crippen LogP contribution in [0.1, 0.15) is 144 Å². The van der Waals surface area contributed by atoms with E-state index >= 15 is 0 Å². The average molecular weight is 391 g/mol. The van der Waals surface area contributed by atoms with Gasteiger partial charge < -0.3 is 0 Å². The summed E-state index contributed by atoms with van der Waals surface area (Å²) in [6.45, 7) is 12.4. The standard InChI is InChI=1S/C28H54/c1-6-7-8-9-10-11-20-27(25-16-12-13-17-25)28(21-23(2)3,22-24(4)5)26-18-14-15-19-26/h23-27H,6-22H2,1-5H3. The highest BCUT2D eigenvalue weighted by Gasteiger charge is 2.48. The maximum absolute atomic E-state index is 2.51. The second kappa shape index (κ2) is 12.6. The van der Waals surface area contributed by atoms with Crippen LogP contribution >= 0.6 is 0 Å². The van der Waals surface area contributed by atoms with Crippen LogP contribution in [0, 0.1) is 35.0 Å². The first-order valence-corrected chi connectivity index (χ1v) is 13.5. The van der Waals surface area contributed by atoms with Gasteiger partial charge in [0, 0.05) is 0 Å². The van der Waals surface area contributed by atoms with E-state index in [0.717, 1.165) is 29.6 Å². The Morgan fingerprint density at radius 1 is 0.679 bits per heavy atom. The van der Waals surface area contributed by atoms with Crippen molar-refractivity contribution >= 4 is 0 Å². The first kappa shape index (κ1) is 24.3. The summed E-state index contributed by atoms with van der Waals surface area (Å²) >= 11 is 0. The van der Waals surface area contributed by atoms with Crippen LogP contribution < -0.4 is 0 Å². The normalized spacial score (nSPS) is 20.7. The van der Waals surface area contributed by atoms with Crippen molar-refractivity contribution < 1.29 is 0 Å². The molecule has 2 saturated carbocycles. The second-order valence-corrected chi connectivity index (χ2v) is 11.6. The van der Waals surface area contributed by atoms with Gasteiger partial charge in [-0.3, -0.25) is 0 Å². The number of hydrogen-bond acceptors (Lipinski definition) is 0. The molecule has 0 aromatic rings. The first-order valence-electron chi connectivity index (χ1n) is 13.5. The van der Waals surface area contributed by atoms with Crippen molar-refractivity contribution in [3.8, 4) is 0 Å². The fourth-order valence-electron chi connectivity index (χ4n) is 7.54. The molecule has 0 radical (unpaired) electrons. The quantitative estimate of drug-likeness (QED) is 0.259. The second-order valence-electron chi connectivity index (χ2n) is 11.6. The minimum atomic E-state index is 0.650. The van der Waals surface area contributed by atoms with Gasteiger partial charge in [0.1, 0.15) is 0 Å². The minimum absolute atomic E-state index is 0.650. The number of rotatable bonds is 14. The zero-order valence-electron chi connectivity index (χ0n) is 20.4. The van der Waals surface area contributed by atoms with Crippen molar-refractivity contribution in [3.05, 3.63) is 0 Å². The van der Waals surface area contributed by atoms with Crippen molar-refractivity contribution in [3.63, 3.8) is 0 Å². The molecule has 1 atom stereocenters. The Labute approximate surface area is 179 Å². The fourth-order valence-corrected chi connectivity index (χ4v) is 7.54. The van der Waals surface area contributed by atoms with E-state index in [4.69, 9.17) is 0 Å². The van der Waals surface area contributed by atoms with Gasteiger partial charge in [-0.1, -0.05) is 112 Å². The lowest BCUT2D eigenvalue weighted by Gasteiger charge is -2.51. The molecule has 0 saturated heterocycles. The molecule has 0 heterocycles. The van der Waals surface area contributed by atoms with Crippen molar-refractivity contribution in [2.75, 3.05) is 0 Å². The largest absolute Gasteiger partial charge is 0.0654 e. The van der Waals surface area contributed by atoms with Gasteiger partial charge in [0.15, 0.2) is 0 Å². The van der Waals surface area contributed by atoms with Crippen LogP contribution in [0.4, 0.5) is 0 Å². The Kier molecular flexibility index (Phi) is 11.0. The molecule has 0 heteroatoms. The highest BCUT2D eigenvalue weighted by atomic mass is 14.5. The molecule has 0 aromatic carbocycles. The van der Waals surface area contributed by atoms with Gasteiger partial charge in [0.25, 0.3) is 0 Å². The molecule has 166 valence electrons. The maximum atomic E-state index is 2.51. The van der Waals surface area contributed by atoms with E-state index < -0.39 is 0 Å². The molecule has 2 rings (SSSR count). The molecule has 2 aliphatic rings. The van der Waals surface area contributed by atoms with Gasteiger partial charge in [0.05, 0.1) is 0 Å². The van der Waals surface area contributed by atoms with Crippen LogP contribution in [0.3, 0.4) is 0 Å². The summed E-state index contributed by atoms with van der Waals surface area (Å²) in [6.07, 6.45) is 25.6. The lowest BCUT2D eigenvalue weighted by atomic mass is 9.54. The fraction of sp³-hybridized carbons (Fsp3) is 1.00. The summed E-state index contributed by atoms with van der Waals surface area (Å²) in [7, 11) is 0. The summed E-state index contributed by atoms with van der Waals surface area (Å²) in [6, 6.07) is 0. The molecule has 0 aromatic heterocycles. The molecular weight excluding hydrogens is 336 g/mol. The summed E-state index contributed by atoms with van der Waals surface area (Å²) in [5, 5.41) is 0. The Bertz CT molecular complexity index is 371. The average Bonchev–Trinajstić information content (AvgIpc) is 3.33. The van der Waals surface area contributed by atoms with Crippen molar-refractivity contribution in [2.24, 2.45) is 35.0 Å². The van der Waals surface area contributed by atoms with Crippen LogP contribution in [-0.2, 0) is 0 Å². The Morgan fingerprint density at radius 3 is 1.71 bits per heavy atom. The molecule has 2 aliphatic carbocycles. The Hall–Kier alpha value is 0. The van der Waals surface area contributed by atoms with E-state index in [-0.39, 0.29) is 0 Å². The van der Waals surface area contributed by atoms with Gasteiger partial charge >= 0.3 is 0 Å². The van der Waals surface area contributed by atoms with Crippen molar-refractivity contribution in [2.45, 2.75) is 144 Å². The lowest BCUT2D eigenvalue weighted by molar-refractivity contribution is -0.0148. The predicted molar refractivity (Wildman–Crippen MR) is 127 cm³/mol. The van der Waals surface area contributed by atoms with Crippen molar-refractivity contribution in [1.29, 1.82) is 0 Å². The summed E-state index contributed by atoms with van der Waals surface area (Å²) < 4.78 is 0. The summed E-state index contributed by atoms with van der Waals surface area (Å²) in [4.78, 5) is 0. The molecule has 2 fully saturated rings. The Morgan fingerprint density at radius 2 is 1.18 bits per heavy atom. The minimum Gasteiger partial charge on any atom is -0.0654 e. The molecule has 0 nitrogen and oxygen atoms in total. The van der Waals surface area contributed by atoms with Crippen LogP contribution in [0.2, 0.25) is 0 Å². The first-order chi connectivity index (χ1) is 13.5. The van der Waals surface area contributed by atoms with Crippen LogP contribution in [0.25, 0.3) is 0 Å². The van der Waals surface area contributed by atoms with E-state index in [0.29, 0.717) is 5.41 Å². The molecule has 1 unspecified atom stereocenters. The third kappa shape index (κ3) is 7.05. The van der Waals surface area contributed by atoms with Crippen molar-refractivity contribution in [1.82, 2.24) is 0 Å². The molecule has 28 heavy (non-hydrogen) atoms.